The molecule has 2 N–H and O–H groups in total. The van der Waals surface area contributed by atoms with E-state index in [-0.39, 0.29) is 5.95 Å². The van der Waals surface area contributed by atoms with E-state index < -0.39 is 9.84 Å². The molecule has 0 bridgehead atoms. The van der Waals surface area contributed by atoms with Crippen LogP contribution in [0.5, 0.6) is 0 Å². The number of aryl methyl sites for hydroxylation is 1. The average molecular weight is 302 g/mol. The Morgan fingerprint density at radius 3 is 2.62 bits per heavy atom. The highest BCUT2D eigenvalue weighted by Crippen LogP contribution is 2.28. The number of rotatable bonds is 2. The number of anilines is 1. The van der Waals surface area contributed by atoms with Crippen molar-refractivity contribution >= 4 is 21.4 Å². The summed E-state index contributed by atoms with van der Waals surface area (Å²) < 4.78 is 24.8. The fourth-order valence-corrected chi connectivity index (χ4v) is 3.01. The summed E-state index contributed by atoms with van der Waals surface area (Å²) in [5, 5.41) is 4.07. The molecule has 2 heterocycles. The lowest BCUT2D eigenvalue weighted by Gasteiger charge is -2.08. The van der Waals surface area contributed by atoms with Gasteiger partial charge in [0.1, 0.15) is 0 Å². The molecule has 0 fully saturated rings. The normalized spacial score (nSPS) is 11.9. The number of hydrogen-bond donors (Lipinski definition) is 1. The predicted molar refractivity (Wildman–Crippen MR) is 80.7 cm³/mol. The molecule has 0 amide bonds. The lowest BCUT2D eigenvalue weighted by molar-refractivity contribution is 0.602. The maximum absolute atomic E-state index is 11.6. The van der Waals surface area contributed by atoms with Crippen LogP contribution in [0.25, 0.3) is 16.8 Å². The first-order chi connectivity index (χ1) is 9.86. The van der Waals surface area contributed by atoms with E-state index in [2.05, 4.69) is 10.1 Å². The molecule has 0 aliphatic carbocycles. The SMILES string of the molecule is Cc1cc(S(C)(=O)=O)ccc1-c1cccn2nc(N)nc12. The summed E-state index contributed by atoms with van der Waals surface area (Å²) in [6.07, 6.45) is 2.96. The van der Waals surface area contributed by atoms with E-state index in [4.69, 9.17) is 5.73 Å². The van der Waals surface area contributed by atoms with Gasteiger partial charge in [0.05, 0.1) is 4.90 Å². The van der Waals surface area contributed by atoms with Crippen molar-refractivity contribution in [1.29, 1.82) is 0 Å². The highest BCUT2D eigenvalue weighted by Gasteiger charge is 2.13. The lowest BCUT2D eigenvalue weighted by atomic mass is 10.0. The van der Waals surface area contributed by atoms with Gasteiger partial charge in [-0.25, -0.2) is 12.9 Å². The molecular formula is C14H14N4O2S. The molecule has 0 spiro atoms. The third-order valence-corrected chi connectivity index (χ3v) is 4.41. The van der Waals surface area contributed by atoms with Crippen molar-refractivity contribution in [3.05, 3.63) is 42.1 Å². The van der Waals surface area contributed by atoms with Gasteiger partial charge >= 0.3 is 0 Å². The zero-order valence-corrected chi connectivity index (χ0v) is 12.4. The predicted octanol–water partition coefficient (Wildman–Crippen LogP) is 1.69. The molecule has 0 atom stereocenters. The van der Waals surface area contributed by atoms with Crippen LogP contribution in [0.1, 0.15) is 5.56 Å². The van der Waals surface area contributed by atoms with Crippen LogP contribution in [0.2, 0.25) is 0 Å². The van der Waals surface area contributed by atoms with Crippen LogP contribution in [0.4, 0.5) is 5.95 Å². The van der Waals surface area contributed by atoms with Gasteiger partial charge in [0, 0.05) is 18.0 Å². The number of sulfone groups is 1. The molecular weight excluding hydrogens is 288 g/mol. The molecule has 7 heteroatoms. The molecule has 3 rings (SSSR count). The maximum Gasteiger partial charge on any atom is 0.240 e. The van der Waals surface area contributed by atoms with Crippen LogP contribution in [0.3, 0.4) is 0 Å². The molecule has 108 valence electrons. The third kappa shape index (κ3) is 2.36. The first-order valence-electron chi connectivity index (χ1n) is 6.28. The number of benzene rings is 1. The maximum atomic E-state index is 11.6. The van der Waals surface area contributed by atoms with Gasteiger partial charge in [-0.05, 0) is 42.3 Å². The van der Waals surface area contributed by atoms with Gasteiger partial charge in [0.25, 0.3) is 0 Å². The Morgan fingerprint density at radius 1 is 1.19 bits per heavy atom. The average Bonchev–Trinajstić information content (AvgIpc) is 2.77. The number of hydrogen-bond acceptors (Lipinski definition) is 5. The van der Waals surface area contributed by atoms with E-state index in [1.807, 2.05) is 19.1 Å². The Morgan fingerprint density at radius 2 is 1.95 bits per heavy atom. The Balaban J connectivity index is 2.24. The molecule has 2 aromatic heterocycles. The smallest absolute Gasteiger partial charge is 0.240 e. The summed E-state index contributed by atoms with van der Waals surface area (Å²) in [6.45, 7) is 1.87. The van der Waals surface area contributed by atoms with E-state index in [0.29, 0.717) is 10.5 Å². The van der Waals surface area contributed by atoms with Crippen LogP contribution in [-0.4, -0.2) is 29.3 Å². The van der Waals surface area contributed by atoms with Crippen molar-refractivity contribution in [3.63, 3.8) is 0 Å². The monoisotopic (exact) mass is 302 g/mol. The molecule has 21 heavy (non-hydrogen) atoms. The second-order valence-electron chi connectivity index (χ2n) is 4.91. The molecule has 6 nitrogen and oxygen atoms in total. The molecule has 0 aliphatic heterocycles. The number of nitrogens with two attached hydrogens (primary N) is 1. The quantitative estimate of drug-likeness (QED) is 0.778. The van der Waals surface area contributed by atoms with Gasteiger partial charge < -0.3 is 5.73 Å². The number of nitrogens with zero attached hydrogens (tertiary/aromatic N) is 3. The van der Waals surface area contributed by atoms with Crippen LogP contribution in [0, 0.1) is 6.92 Å². The van der Waals surface area contributed by atoms with Crippen LogP contribution in [-0.2, 0) is 9.84 Å². The van der Waals surface area contributed by atoms with Crippen molar-refractivity contribution in [2.24, 2.45) is 0 Å². The van der Waals surface area contributed by atoms with E-state index in [9.17, 15) is 8.42 Å². The van der Waals surface area contributed by atoms with Gasteiger partial charge in [-0.3, -0.25) is 0 Å². The standard InChI is InChI=1S/C14H14N4O2S/c1-9-8-10(21(2,19)20)5-6-11(9)12-4-3-7-18-13(12)16-14(15)17-18/h3-8H,1-2H3,(H2,15,17). The first kappa shape index (κ1) is 13.6. The topological polar surface area (TPSA) is 90.3 Å². The number of nitrogen functional groups attached to an aromatic ring is 1. The lowest BCUT2D eigenvalue weighted by Crippen LogP contribution is -1.98. The van der Waals surface area contributed by atoms with Crippen molar-refractivity contribution in [2.45, 2.75) is 11.8 Å². The zero-order valence-electron chi connectivity index (χ0n) is 11.6. The summed E-state index contributed by atoms with van der Waals surface area (Å²) in [5.74, 6) is 0.202. The molecule has 0 saturated carbocycles. The number of fused-ring (bicyclic) bond motifs is 1. The van der Waals surface area contributed by atoms with Crippen LogP contribution in [0.15, 0.2) is 41.4 Å². The fraction of sp³-hybridized carbons (Fsp3) is 0.143. The largest absolute Gasteiger partial charge is 0.366 e. The molecule has 0 aliphatic rings. The van der Waals surface area contributed by atoms with Crippen LogP contribution >= 0.6 is 0 Å². The zero-order chi connectivity index (χ0) is 15.2. The van der Waals surface area contributed by atoms with Gasteiger partial charge in [-0.1, -0.05) is 6.07 Å². The summed E-state index contributed by atoms with van der Waals surface area (Å²) >= 11 is 0. The second-order valence-corrected chi connectivity index (χ2v) is 6.92. The number of aromatic nitrogens is 3. The van der Waals surface area contributed by atoms with Gasteiger partial charge in [-0.15, -0.1) is 5.10 Å². The van der Waals surface area contributed by atoms with Gasteiger partial charge in [0.2, 0.25) is 5.95 Å². The highest BCUT2D eigenvalue weighted by molar-refractivity contribution is 7.90. The summed E-state index contributed by atoms with van der Waals surface area (Å²) in [6, 6.07) is 8.80. The summed E-state index contributed by atoms with van der Waals surface area (Å²) in [7, 11) is -3.22. The molecule has 0 unspecified atom stereocenters. The van der Waals surface area contributed by atoms with Crippen LogP contribution < -0.4 is 5.73 Å². The second kappa shape index (κ2) is 4.56. The summed E-state index contributed by atoms with van der Waals surface area (Å²) in [4.78, 5) is 4.52. The molecule has 0 radical (unpaired) electrons. The molecule has 1 aromatic carbocycles. The van der Waals surface area contributed by atoms with E-state index in [0.717, 1.165) is 16.7 Å². The minimum Gasteiger partial charge on any atom is -0.366 e. The van der Waals surface area contributed by atoms with Crippen molar-refractivity contribution < 1.29 is 8.42 Å². The van der Waals surface area contributed by atoms with Gasteiger partial charge in [0.15, 0.2) is 15.5 Å². The first-order valence-corrected chi connectivity index (χ1v) is 8.17. The van der Waals surface area contributed by atoms with Crippen molar-refractivity contribution in [2.75, 3.05) is 12.0 Å². The third-order valence-electron chi connectivity index (χ3n) is 3.29. The van der Waals surface area contributed by atoms with E-state index in [1.165, 1.54) is 6.26 Å². The van der Waals surface area contributed by atoms with E-state index >= 15 is 0 Å². The number of pyridine rings is 1. The minimum absolute atomic E-state index is 0.202. The summed E-state index contributed by atoms with van der Waals surface area (Å²) in [5.41, 5.74) is 8.90. The van der Waals surface area contributed by atoms with E-state index in [1.54, 1.807) is 28.9 Å². The molecule has 0 saturated heterocycles. The highest BCUT2D eigenvalue weighted by atomic mass is 32.2. The Labute approximate surface area is 122 Å². The van der Waals surface area contributed by atoms with Crippen molar-refractivity contribution in [1.82, 2.24) is 14.6 Å². The van der Waals surface area contributed by atoms with Crippen molar-refractivity contribution in [3.8, 4) is 11.1 Å². The Kier molecular flexibility index (Phi) is 2.94. The Bertz CT molecular complexity index is 945. The fourth-order valence-electron chi connectivity index (χ4n) is 2.30. The van der Waals surface area contributed by atoms with Gasteiger partial charge in [-0.2, -0.15) is 4.98 Å². The minimum atomic E-state index is -3.22. The Hall–Kier alpha value is -2.41. The molecule has 3 aromatic rings.